The van der Waals surface area contributed by atoms with Crippen molar-refractivity contribution in [2.24, 2.45) is 5.92 Å². The van der Waals surface area contributed by atoms with Crippen LogP contribution in [0.2, 0.25) is 0 Å². The zero-order chi connectivity index (χ0) is 13.8. The van der Waals surface area contributed by atoms with Gasteiger partial charge in [0, 0.05) is 33.2 Å². The lowest BCUT2D eigenvalue weighted by Crippen LogP contribution is -2.24. The number of ether oxygens (including phenoxy) is 1. The number of aromatic nitrogens is 2. The highest BCUT2D eigenvalue weighted by molar-refractivity contribution is 5.91. The summed E-state index contributed by atoms with van der Waals surface area (Å²) >= 11 is 0. The summed E-state index contributed by atoms with van der Waals surface area (Å²) in [5, 5.41) is 11.2. The van der Waals surface area contributed by atoms with Gasteiger partial charge in [0.1, 0.15) is 5.82 Å². The van der Waals surface area contributed by atoms with Gasteiger partial charge in [0.25, 0.3) is 5.91 Å². The van der Waals surface area contributed by atoms with Gasteiger partial charge >= 0.3 is 0 Å². The van der Waals surface area contributed by atoms with Crippen molar-refractivity contribution < 1.29 is 9.53 Å². The predicted molar refractivity (Wildman–Crippen MR) is 72.1 cm³/mol. The van der Waals surface area contributed by atoms with Gasteiger partial charge in [0.05, 0.1) is 6.10 Å². The Bertz CT molecular complexity index is 433. The minimum Gasteiger partial charge on any atom is -0.378 e. The third kappa shape index (κ3) is 3.41. The van der Waals surface area contributed by atoms with E-state index in [1.807, 2.05) is 0 Å². The molecule has 2 atom stereocenters. The molecule has 6 nitrogen and oxygen atoms in total. The number of hydrogen-bond donors (Lipinski definition) is 1. The van der Waals surface area contributed by atoms with E-state index in [0.29, 0.717) is 17.4 Å². The summed E-state index contributed by atoms with van der Waals surface area (Å²) in [6.45, 7) is 3.73. The van der Waals surface area contributed by atoms with E-state index in [1.165, 1.54) is 4.90 Å². The molecule has 2 unspecified atom stereocenters. The zero-order valence-corrected chi connectivity index (χ0v) is 11.6. The minimum atomic E-state index is -0.142. The highest BCUT2D eigenvalue weighted by Crippen LogP contribution is 2.20. The third-order valence-electron chi connectivity index (χ3n) is 3.37. The van der Waals surface area contributed by atoms with E-state index in [2.05, 4.69) is 22.4 Å². The van der Waals surface area contributed by atoms with Gasteiger partial charge in [-0.1, -0.05) is 0 Å². The van der Waals surface area contributed by atoms with Gasteiger partial charge < -0.3 is 15.0 Å². The van der Waals surface area contributed by atoms with Crippen molar-refractivity contribution in [1.82, 2.24) is 15.1 Å². The van der Waals surface area contributed by atoms with Crippen LogP contribution < -0.4 is 5.32 Å². The Balaban J connectivity index is 1.90. The highest BCUT2D eigenvalue weighted by Gasteiger charge is 2.23. The van der Waals surface area contributed by atoms with Crippen molar-refractivity contribution in [1.29, 1.82) is 0 Å². The Kier molecular flexibility index (Phi) is 4.31. The SMILES string of the molecule is CC1OCCC1CNc1ccc(C(=O)N(C)C)nn1. The highest BCUT2D eigenvalue weighted by atomic mass is 16.5. The Morgan fingerprint density at radius 2 is 2.26 bits per heavy atom. The van der Waals surface area contributed by atoms with Crippen LogP contribution in [0.4, 0.5) is 5.82 Å². The summed E-state index contributed by atoms with van der Waals surface area (Å²) in [5.74, 6) is 1.05. The van der Waals surface area contributed by atoms with Crippen LogP contribution in [0.5, 0.6) is 0 Å². The van der Waals surface area contributed by atoms with E-state index in [9.17, 15) is 4.79 Å². The van der Waals surface area contributed by atoms with E-state index in [0.717, 1.165) is 19.6 Å². The molecule has 6 heteroatoms. The molecule has 1 N–H and O–H groups in total. The van der Waals surface area contributed by atoms with Crippen LogP contribution in [0.3, 0.4) is 0 Å². The molecular weight excluding hydrogens is 244 g/mol. The topological polar surface area (TPSA) is 67.3 Å². The summed E-state index contributed by atoms with van der Waals surface area (Å²) in [7, 11) is 3.38. The lowest BCUT2D eigenvalue weighted by molar-refractivity contribution is 0.0821. The van der Waals surface area contributed by atoms with Crippen LogP contribution in [0.15, 0.2) is 12.1 Å². The summed E-state index contributed by atoms with van der Waals surface area (Å²) in [5.41, 5.74) is 0.355. The lowest BCUT2D eigenvalue weighted by Gasteiger charge is -2.15. The van der Waals surface area contributed by atoms with E-state index >= 15 is 0 Å². The monoisotopic (exact) mass is 264 g/mol. The molecule has 104 valence electrons. The maximum absolute atomic E-state index is 11.7. The van der Waals surface area contributed by atoms with E-state index in [4.69, 9.17) is 4.74 Å². The predicted octanol–water partition coefficient (Wildman–Crippen LogP) is 1.02. The van der Waals surface area contributed by atoms with Crippen molar-refractivity contribution in [2.45, 2.75) is 19.4 Å². The number of anilines is 1. The summed E-state index contributed by atoms with van der Waals surface area (Å²) in [6.07, 6.45) is 1.36. The van der Waals surface area contributed by atoms with Gasteiger partial charge in [-0.25, -0.2) is 0 Å². The molecule has 0 spiro atoms. The second-order valence-corrected chi connectivity index (χ2v) is 5.01. The number of nitrogens with one attached hydrogen (secondary N) is 1. The molecule has 0 bridgehead atoms. The molecule has 2 heterocycles. The molecule has 1 aliphatic rings. The van der Waals surface area contributed by atoms with Crippen molar-refractivity contribution in [3.8, 4) is 0 Å². The lowest BCUT2D eigenvalue weighted by atomic mass is 10.0. The van der Waals surface area contributed by atoms with Crippen LogP contribution in [-0.2, 0) is 4.74 Å². The number of amides is 1. The van der Waals surface area contributed by atoms with E-state index in [-0.39, 0.29) is 12.0 Å². The number of hydrogen-bond acceptors (Lipinski definition) is 5. The Morgan fingerprint density at radius 1 is 1.47 bits per heavy atom. The van der Waals surface area contributed by atoms with Crippen molar-refractivity contribution >= 4 is 11.7 Å². The normalized spacial score (nSPS) is 22.3. The van der Waals surface area contributed by atoms with Crippen LogP contribution in [-0.4, -0.2) is 54.4 Å². The number of nitrogens with zero attached hydrogens (tertiary/aromatic N) is 3. The molecule has 1 aliphatic heterocycles. The molecule has 19 heavy (non-hydrogen) atoms. The van der Waals surface area contributed by atoms with E-state index in [1.54, 1.807) is 26.2 Å². The Labute approximate surface area is 113 Å². The fourth-order valence-electron chi connectivity index (χ4n) is 2.05. The van der Waals surface area contributed by atoms with Crippen molar-refractivity contribution in [2.75, 3.05) is 32.6 Å². The molecule has 2 rings (SSSR count). The quantitative estimate of drug-likeness (QED) is 0.879. The van der Waals surface area contributed by atoms with Gasteiger partial charge in [0.15, 0.2) is 5.69 Å². The smallest absolute Gasteiger partial charge is 0.273 e. The second kappa shape index (κ2) is 5.97. The van der Waals surface area contributed by atoms with Crippen LogP contribution in [0, 0.1) is 5.92 Å². The van der Waals surface area contributed by atoms with Crippen molar-refractivity contribution in [3.05, 3.63) is 17.8 Å². The molecule has 0 saturated carbocycles. The molecule has 1 amide bonds. The molecule has 0 radical (unpaired) electrons. The van der Waals surface area contributed by atoms with Gasteiger partial charge in [-0.3, -0.25) is 4.79 Å². The number of rotatable bonds is 4. The number of carbonyl (C=O) groups is 1. The average molecular weight is 264 g/mol. The molecule has 1 aromatic heterocycles. The molecule has 1 saturated heterocycles. The third-order valence-corrected chi connectivity index (χ3v) is 3.37. The maximum atomic E-state index is 11.7. The Hall–Kier alpha value is -1.69. The van der Waals surface area contributed by atoms with Crippen LogP contribution in [0.1, 0.15) is 23.8 Å². The van der Waals surface area contributed by atoms with Gasteiger partial charge in [-0.15, -0.1) is 10.2 Å². The molecule has 1 fully saturated rings. The molecule has 0 aliphatic carbocycles. The van der Waals surface area contributed by atoms with Crippen LogP contribution in [0.25, 0.3) is 0 Å². The number of carbonyl (C=O) groups excluding carboxylic acids is 1. The van der Waals surface area contributed by atoms with E-state index < -0.39 is 0 Å². The fourth-order valence-corrected chi connectivity index (χ4v) is 2.05. The van der Waals surface area contributed by atoms with Crippen molar-refractivity contribution in [3.63, 3.8) is 0 Å². The fraction of sp³-hybridized carbons (Fsp3) is 0.615. The van der Waals surface area contributed by atoms with Crippen LogP contribution >= 0.6 is 0 Å². The summed E-state index contributed by atoms with van der Waals surface area (Å²) in [4.78, 5) is 13.1. The maximum Gasteiger partial charge on any atom is 0.273 e. The second-order valence-electron chi connectivity index (χ2n) is 5.01. The first-order chi connectivity index (χ1) is 9.08. The van der Waals surface area contributed by atoms with Gasteiger partial charge in [-0.05, 0) is 25.5 Å². The standard InChI is InChI=1S/C13H20N4O2/c1-9-10(6-7-19-9)8-14-12-5-4-11(15-16-12)13(18)17(2)3/h4-5,9-10H,6-8H2,1-3H3,(H,14,16). The zero-order valence-electron chi connectivity index (χ0n) is 11.6. The average Bonchev–Trinajstić information content (AvgIpc) is 2.81. The first kappa shape index (κ1) is 13.7. The minimum absolute atomic E-state index is 0.142. The first-order valence-corrected chi connectivity index (χ1v) is 6.49. The molecule has 0 aromatic carbocycles. The molecule has 1 aromatic rings. The van der Waals surface area contributed by atoms with Gasteiger partial charge in [0.2, 0.25) is 0 Å². The Morgan fingerprint density at radius 3 is 2.79 bits per heavy atom. The molecular formula is C13H20N4O2. The van der Waals surface area contributed by atoms with Gasteiger partial charge in [-0.2, -0.15) is 0 Å². The first-order valence-electron chi connectivity index (χ1n) is 6.49. The summed E-state index contributed by atoms with van der Waals surface area (Å²) < 4.78 is 5.50. The summed E-state index contributed by atoms with van der Waals surface area (Å²) in [6, 6.07) is 3.47. The largest absolute Gasteiger partial charge is 0.378 e.